The maximum Gasteiger partial charge on any atom is 0.249 e. The average Bonchev–Trinajstić information content (AvgIpc) is 2.43. The third-order valence-corrected chi connectivity index (χ3v) is 3.26. The van der Waals surface area contributed by atoms with Gasteiger partial charge < -0.3 is 5.73 Å². The summed E-state index contributed by atoms with van der Waals surface area (Å²) < 4.78 is 0. The summed E-state index contributed by atoms with van der Waals surface area (Å²) in [6.07, 6.45) is 2.27. The second-order valence-corrected chi connectivity index (χ2v) is 6.42. The van der Waals surface area contributed by atoms with Gasteiger partial charge in [0.25, 0.3) is 0 Å². The molecule has 1 heterocycles. The second-order valence-electron chi connectivity index (χ2n) is 6.42. The van der Waals surface area contributed by atoms with Crippen molar-refractivity contribution < 1.29 is 4.79 Å². The Balaban J connectivity index is 2.82. The fourth-order valence-corrected chi connectivity index (χ4v) is 2.23. The molecule has 0 aliphatic carbocycles. The van der Waals surface area contributed by atoms with Crippen molar-refractivity contribution >= 4 is 11.9 Å². The normalized spacial score (nSPS) is 13.0. The molecule has 0 saturated heterocycles. The van der Waals surface area contributed by atoms with Crippen LogP contribution < -0.4 is 11.1 Å². The first-order chi connectivity index (χ1) is 9.80. The number of hydrogen-bond donors (Lipinski definition) is 2. The van der Waals surface area contributed by atoms with Crippen LogP contribution in [0.3, 0.4) is 0 Å². The minimum absolute atomic E-state index is 0.0428. The van der Waals surface area contributed by atoms with Gasteiger partial charge in [-0.1, -0.05) is 34.6 Å². The number of hydrogen-bond acceptors (Lipinski definition) is 5. The fraction of sp³-hybridized carbons (Fsp3) is 0.733. The summed E-state index contributed by atoms with van der Waals surface area (Å²) in [6, 6.07) is 0. The standard InChI is InChI=1S/C15H27N5O/c1-6-11-12(7-2)19-20-14(17-11)18-13(21)10(9-16)8-15(3,4)5/h10H,6-9,16H2,1-5H3,(H,17,18,20,21). The van der Waals surface area contributed by atoms with Crippen LogP contribution in [-0.2, 0) is 17.6 Å². The smallest absolute Gasteiger partial charge is 0.249 e. The highest BCUT2D eigenvalue weighted by Crippen LogP contribution is 2.24. The highest BCUT2D eigenvalue weighted by Gasteiger charge is 2.24. The van der Waals surface area contributed by atoms with E-state index >= 15 is 0 Å². The number of nitrogens with one attached hydrogen (secondary N) is 1. The molecule has 1 unspecified atom stereocenters. The van der Waals surface area contributed by atoms with E-state index in [9.17, 15) is 4.79 Å². The summed E-state index contributed by atoms with van der Waals surface area (Å²) >= 11 is 0. The van der Waals surface area contributed by atoms with Gasteiger partial charge in [-0.05, 0) is 24.7 Å². The molecule has 21 heavy (non-hydrogen) atoms. The number of carbonyl (C=O) groups excluding carboxylic acids is 1. The molecule has 1 aromatic heterocycles. The number of nitrogens with two attached hydrogens (primary N) is 1. The van der Waals surface area contributed by atoms with Crippen LogP contribution in [0.15, 0.2) is 0 Å². The topological polar surface area (TPSA) is 93.8 Å². The molecule has 1 amide bonds. The molecule has 0 bridgehead atoms. The van der Waals surface area contributed by atoms with Gasteiger partial charge in [-0.15, -0.1) is 10.2 Å². The molecular formula is C15H27N5O. The van der Waals surface area contributed by atoms with Crippen LogP contribution in [0.25, 0.3) is 0 Å². The van der Waals surface area contributed by atoms with E-state index in [-0.39, 0.29) is 23.2 Å². The zero-order valence-corrected chi connectivity index (χ0v) is 13.7. The number of rotatable bonds is 6. The Morgan fingerprint density at radius 3 is 2.29 bits per heavy atom. The summed E-state index contributed by atoms with van der Waals surface area (Å²) in [6.45, 7) is 10.6. The molecule has 6 nitrogen and oxygen atoms in total. The minimum atomic E-state index is -0.246. The highest BCUT2D eigenvalue weighted by molar-refractivity contribution is 5.91. The van der Waals surface area contributed by atoms with E-state index in [2.05, 4.69) is 41.3 Å². The molecule has 0 radical (unpaired) electrons. The monoisotopic (exact) mass is 293 g/mol. The Labute approximate surface area is 126 Å². The lowest BCUT2D eigenvalue weighted by Crippen LogP contribution is -2.33. The van der Waals surface area contributed by atoms with Crippen molar-refractivity contribution in [2.45, 2.75) is 53.9 Å². The van der Waals surface area contributed by atoms with Crippen molar-refractivity contribution in [3.63, 3.8) is 0 Å². The number of anilines is 1. The van der Waals surface area contributed by atoms with Gasteiger partial charge in [-0.25, -0.2) is 4.98 Å². The van der Waals surface area contributed by atoms with Crippen LogP contribution in [0.1, 0.15) is 52.4 Å². The molecule has 0 aliphatic rings. The highest BCUT2D eigenvalue weighted by atomic mass is 16.2. The molecule has 6 heteroatoms. The first kappa shape index (κ1) is 17.5. The van der Waals surface area contributed by atoms with Gasteiger partial charge in [0.05, 0.1) is 17.3 Å². The molecule has 0 aliphatic heterocycles. The average molecular weight is 293 g/mol. The zero-order valence-electron chi connectivity index (χ0n) is 13.7. The van der Waals surface area contributed by atoms with Crippen molar-refractivity contribution in [1.82, 2.24) is 15.2 Å². The van der Waals surface area contributed by atoms with E-state index in [0.29, 0.717) is 6.54 Å². The van der Waals surface area contributed by atoms with Crippen molar-refractivity contribution in [1.29, 1.82) is 0 Å². The first-order valence-electron chi connectivity index (χ1n) is 7.54. The zero-order chi connectivity index (χ0) is 16.0. The molecule has 0 fully saturated rings. The van der Waals surface area contributed by atoms with E-state index in [1.54, 1.807) is 0 Å². The van der Waals surface area contributed by atoms with E-state index in [1.165, 1.54) is 0 Å². The summed E-state index contributed by atoms with van der Waals surface area (Å²) in [7, 11) is 0. The summed E-state index contributed by atoms with van der Waals surface area (Å²) in [5, 5.41) is 10.8. The van der Waals surface area contributed by atoms with Crippen LogP contribution in [0, 0.1) is 11.3 Å². The molecular weight excluding hydrogens is 266 g/mol. The third-order valence-electron chi connectivity index (χ3n) is 3.26. The van der Waals surface area contributed by atoms with Gasteiger partial charge in [0, 0.05) is 6.54 Å². The van der Waals surface area contributed by atoms with E-state index < -0.39 is 0 Å². The van der Waals surface area contributed by atoms with E-state index in [1.807, 2.05) is 13.8 Å². The van der Waals surface area contributed by atoms with Crippen LogP contribution in [0.5, 0.6) is 0 Å². The van der Waals surface area contributed by atoms with E-state index in [0.717, 1.165) is 30.7 Å². The lowest BCUT2D eigenvalue weighted by atomic mass is 9.84. The molecule has 1 aromatic rings. The molecule has 0 aromatic carbocycles. The van der Waals surface area contributed by atoms with Gasteiger partial charge >= 0.3 is 0 Å². The van der Waals surface area contributed by atoms with Gasteiger partial charge in [0.2, 0.25) is 11.9 Å². The Morgan fingerprint density at radius 2 is 1.81 bits per heavy atom. The summed E-state index contributed by atoms with van der Waals surface area (Å²) in [4.78, 5) is 16.6. The van der Waals surface area contributed by atoms with Crippen molar-refractivity contribution in [2.75, 3.05) is 11.9 Å². The lowest BCUT2D eigenvalue weighted by Gasteiger charge is -2.24. The van der Waals surface area contributed by atoms with Crippen molar-refractivity contribution in [3.05, 3.63) is 11.4 Å². The molecule has 1 atom stereocenters. The van der Waals surface area contributed by atoms with Crippen LogP contribution in [0.2, 0.25) is 0 Å². The molecule has 1 rings (SSSR count). The summed E-state index contributed by atoms with van der Waals surface area (Å²) in [5.74, 6) is -0.119. The van der Waals surface area contributed by atoms with Gasteiger partial charge in [0.1, 0.15) is 0 Å². The largest absolute Gasteiger partial charge is 0.330 e. The first-order valence-corrected chi connectivity index (χ1v) is 7.54. The SMILES string of the molecule is CCc1nnc(NC(=O)C(CN)CC(C)(C)C)nc1CC. The Morgan fingerprint density at radius 1 is 1.19 bits per heavy atom. The second kappa shape index (κ2) is 7.45. The van der Waals surface area contributed by atoms with E-state index in [4.69, 9.17) is 5.73 Å². The van der Waals surface area contributed by atoms with Crippen LogP contribution in [0.4, 0.5) is 5.95 Å². The van der Waals surface area contributed by atoms with Crippen molar-refractivity contribution in [3.8, 4) is 0 Å². The quantitative estimate of drug-likeness (QED) is 0.836. The maximum absolute atomic E-state index is 12.3. The van der Waals surface area contributed by atoms with Crippen LogP contribution in [-0.4, -0.2) is 27.6 Å². The predicted octanol–water partition coefficient (Wildman–Crippen LogP) is 1.95. The lowest BCUT2D eigenvalue weighted by molar-refractivity contribution is -0.120. The molecule has 0 spiro atoms. The van der Waals surface area contributed by atoms with Gasteiger partial charge in [0.15, 0.2) is 0 Å². The van der Waals surface area contributed by atoms with Crippen LogP contribution >= 0.6 is 0 Å². The molecule has 118 valence electrons. The number of nitrogens with zero attached hydrogens (tertiary/aromatic N) is 3. The maximum atomic E-state index is 12.3. The number of amides is 1. The Hall–Kier alpha value is -1.56. The predicted molar refractivity (Wildman–Crippen MR) is 83.8 cm³/mol. The van der Waals surface area contributed by atoms with Gasteiger partial charge in [-0.2, -0.15) is 0 Å². The Bertz CT molecular complexity index is 481. The number of aryl methyl sites for hydroxylation is 2. The van der Waals surface area contributed by atoms with Gasteiger partial charge in [-0.3, -0.25) is 10.1 Å². The summed E-state index contributed by atoms with van der Waals surface area (Å²) in [5.41, 5.74) is 7.51. The Kier molecular flexibility index (Phi) is 6.20. The molecule has 3 N–H and O–H groups in total. The van der Waals surface area contributed by atoms with Crippen molar-refractivity contribution in [2.24, 2.45) is 17.1 Å². The fourth-order valence-electron chi connectivity index (χ4n) is 2.23. The number of aromatic nitrogens is 3. The number of carbonyl (C=O) groups is 1. The molecule has 0 saturated carbocycles. The third kappa shape index (κ3) is 5.38. The minimum Gasteiger partial charge on any atom is -0.330 e.